The summed E-state index contributed by atoms with van der Waals surface area (Å²) in [6.07, 6.45) is 3.70. The number of aryl methyl sites for hydroxylation is 2. The Kier molecular flexibility index (Phi) is 2.74. The number of nitrogens with one attached hydrogen (secondary N) is 1. The zero-order valence-electron chi connectivity index (χ0n) is 10.4. The van der Waals surface area contributed by atoms with Crippen molar-refractivity contribution in [2.45, 2.75) is 26.2 Å². The number of benzene rings is 1. The number of H-pyrrole nitrogens is 1. The van der Waals surface area contributed by atoms with Crippen LogP contribution in [0.5, 0.6) is 0 Å². The predicted molar refractivity (Wildman–Crippen MR) is 70.3 cm³/mol. The lowest BCUT2D eigenvalue weighted by Crippen LogP contribution is -2.14. The van der Waals surface area contributed by atoms with Gasteiger partial charge in [-0.05, 0) is 26.2 Å². The molecule has 0 spiro atoms. The minimum Gasteiger partial charge on any atom is -0.342 e. The van der Waals surface area contributed by atoms with Gasteiger partial charge in [0.05, 0.1) is 5.69 Å². The molecule has 0 bridgehead atoms. The molecule has 0 radical (unpaired) electrons. The van der Waals surface area contributed by atoms with Gasteiger partial charge < -0.3 is 9.78 Å². The largest absolute Gasteiger partial charge is 0.342 e. The van der Waals surface area contributed by atoms with Crippen LogP contribution in [-0.4, -0.2) is 16.3 Å². The van der Waals surface area contributed by atoms with Crippen molar-refractivity contribution in [3.63, 3.8) is 0 Å². The number of carbonyl (C=O) groups excluding carboxylic acids is 1. The molecule has 1 aromatic heterocycles. The molecule has 92 valence electrons. The average molecular weight is 240 g/mol. The number of carbonyl (C=O) groups is 1. The fourth-order valence-corrected chi connectivity index (χ4v) is 2.47. The highest BCUT2D eigenvalue weighted by atomic mass is 16.1. The number of nitrogens with zero attached hydrogens (tertiary/aromatic N) is 1. The first-order valence-corrected chi connectivity index (χ1v) is 6.36. The molecule has 0 aliphatic heterocycles. The first-order chi connectivity index (χ1) is 8.76. The maximum atomic E-state index is 10.8. The van der Waals surface area contributed by atoms with E-state index in [1.807, 2.05) is 0 Å². The van der Waals surface area contributed by atoms with Crippen molar-refractivity contribution in [1.29, 1.82) is 0 Å². The molecule has 0 saturated heterocycles. The molecule has 18 heavy (non-hydrogen) atoms. The van der Waals surface area contributed by atoms with Crippen LogP contribution in [0.1, 0.15) is 23.4 Å². The van der Waals surface area contributed by atoms with Crippen LogP contribution in [0.25, 0.3) is 11.4 Å². The third-order valence-corrected chi connectivity index (χ3v) is 3.60. The third-order valence-electron chi connectivity index (χ3n) is 3.60. The smallest absolute Gasteiger partial charge is 0.137 e. The highest BCUT2D eigenvalue weighted by Gasteiger charge is 2.21. The SMILES string of the molecule is Cc1ccc(-c2nc3c([nH]2)CC(C=O)CC3)cc1. The minimum atomic E-state index is 0.156. The van der Waals surface area contributed by atoms with Gasteiger partial charge in [0, 0.05) is 17.2 Å². The van der Waals surface area contributed by atoms with Crippen molar-refractivity contribution >= 4 is 6.29 Å². The molecular weight excluding hydrogens is 224 g/mol. The van der Waals surface area contributed by atoms with Crippen LogP contribution < -0.4 is 0 Å². The molecule has 3 rings (SSSR count). The monoisotopic (exact) mass is 240 g/mol. The van der Waals surface area contributed by atoms with Crippen LogP contribution in [0, 0.1) is 12.8 Å². The van der Waals surface area contributed by atoms with Crippen molar-refractivity contribution in [1.82, 2.24) is 9.97 Å². The van der Waals surface area contributed by atoms with Gasteiger partial charge in [0.15, 0.2) is 0 Å². The van der Waals surface area contributed by atoms with E-state index in [2.05, 4.69) is 41.2 Å². The Bertz CT molecular complexity index is 569. The first-order valence-electron chi connectivity index (χ1n) is 6.36. The topological polar surface area (TPSA) is 45.8 Å². The van der Waals surface area contributed by atoms with Crippen LogP contribution in [0.3, 0.4) is 0 Å². The summed E-state index contributed by atoms with van der Waals surface area (Å²) in [6, 6.07) is 8.34. The molecule has 1 aliphatic rings. The standard InChI is InChI=1S/C15H16N2O/c1-10-2-5-12(6-3-10)15-16-13-7-4-11(9-18)8-14(13)17-15/h2-3,5-6,9,11H,4,7-8H2,1H3,(H,16,17). The Labute approximate surface area is 106 Å². The summed E-state index contributed by atoms with van der Waals surface area (Å²) in [5, 5.41) is 0. The average Bonchev–Trinajstić information content (AvgIpc) is 2.82. The third kappa shape index (κ3) is 1.96. The number of aldehydes is 1. The Hall–Kier alpha value is -1.90. The van der Waals surface area contributed by atoms with Crippen LogP contribution in [0.4, 0.5) is 0 Å². The molecule has 1 heterocycles. The molecular formula is C15H16N2O. The van der Waals surface area contributed by atoms with Gasteiger partial charge in [-0.3, -0.25) is 0 Å². The summed E-state index contributed by atoms with van der Waals surface area (Å²) in [7, 11) is 0. The Morgan fingerprint density at radius 1 is 1.33 bits per heavy atom. The van der Waals surface area contributed by atoms with Gasteiger partial charge in [0.1, 0.15) is 12.1 Å². The Morgan fingerprint density at radius 2 is 2.11 bits per heavy atom. The van der Waals surface area contributed by atoms with Gasteiger partial charge in [0.25, 0.3) is 0 Å². The molecule has 1 N–H and O–H groups in total. The molecule has 1 aliphatic carbocycles. The molecule has 1 unspecified atom stereocenters. The van der Waals surface area contributed by atoms with Gasteiger partial charge in [-0.2, -0.15) is 0 Å². The Morgan fingerprint density at radius 3 is 2.83 bits per heavy atom. The molecule has 0 fully saturated rings. The number of hydrogen-bond acceptors (Lipinski definition) is 2. The van der Waals surface area contributed by atoms with Crippen LogP contribution in [0.15, 0.2) is 24.3 Å². The van der Waals surface area contributed by atoms with Crippen molar-refractivity contribution in [2.24, 2.45) is 5.92 Å². The molecule has 2 aromatic rings. The van der Waals surface area contributed by atoms with Crippen LogP contribution in [0.2, 0.25) is 0 Å². The zero-order valence-corrected chi connectivity index (χ0v) is 10.4. The number of rotatable bonds is 2. The predicted octanol–water partition coefficient (Wildman–Crippen LogP) is 2.69. The molecule has 0 amide bonds. The highest BCUT2D eigenvalue weighted by Crippen LogP contribution is 2.26. The van der Waals surface area contributed by atoms with Gasteiger partial charge in [-0.15, -0.1) is 0 Å². The molecule has 1 aromatic carbocycles. The quantitative estimate of drug-likeness (QED) is 0.820. The number of aromatic nitrogens is 2. The summed E-state index contributed by atoms with van der Waals surface area (Å²) in [5.41, 5.74) is 4.62. The van der Waals surface area contributed by atoms with E-state index in [4.69, 9.17) is 0 Å². The number of hydrogen-bond donors (Lipinski definition) is 1. The summed E-state index contributed by atoms with van der Waals surface area (Å²) < 4.78 is 0. The lowest BCUT2D eigenvalue weighted by molar-refractivity contribution is -0.111. The van der Waals surface area contributed by atoms with Crippen molar-refractivity contribution in [3.8, 4) is 11.4 Å². The maximum absolute atomic E-state index is 10.8. The van der Waals surface area contributed by atoms with Gasteiger partial charge >= 0.3 is 0 Å². The molecule has 3 nitrogen and oxygen atoms in total. The number of imidazole rings is 1. The van der Waals surface area contributed by atoms with Crippen LogP contribution >= 0.6 is 0 Å². The second-order valence-corrected chi connectivity index (χ2v) is 5.02. The van der Waals surface area contributed by atoms with Gasteiger partial charge in [0.2, 0.25) is 0 Å². The lowest BCUT2D eigenvalue weighted by atomic mass is 9.91. The summed E-state index contributed by atoms with van der Waals surface area (Å²) in [6.45, 7) is 2.08. The first kappa shape index (κ1) is 11.2. The maximum Gasteiger partial charge on any atom is 0.137 e. The van der Waals surface area contributed by atoms with Crippen LogP contribution in [-0.2, 0) is 17.6 Å². The summed E-state index contributed by atoms with van der Waals surface area (Å²) in [5.74, 6) is 1.08. The Balaban J connectivity index is 1.93. The van der Waals surface area contributed by atoms with E-state index in [0.29, 0.717) is 0 Å². The van der Waals surface area contributed by atoms with E-state index in [-0.39, 0.29) is 5.92 Å². The van der Waals surface area contributed by atoms with E-state index < -0.39 is 0 Å². The van der Waals surface area contributed by atoms with Crippen molar-refractivity contribution in [2.75, 3.05) is 0 Å². The zero-order chi connectivity index (χ0) is 12.5. The lowest BCUT2D eigenvalue weighted by Gasteiger charge is -2.14. The van der Waals surface area contributed by atoms with E-state index in [9.17, 15) is 4.79 Å². The normalized spacial score (nSPS) is 18.4. The summed E-state index contributed by atoms with van der Waals surface area (Å²) >= 11 is 0. The van der Waals surface area contributed by atoms with E-state index in [1.165, 1.54) is 5.56 Å². The van der Waals surface area contributed by atoms with Gasteiger partial charge in [-0.1, -0.05) is 29.8 Å². The molecule has 0 saturated carbocycles. The fourth-order valence-electron chi connectivity index (χ4n) is 2.47. The second-order valence-electron chi connectivity index (χ2n) is 5.02. The fraction of sp³-hybridized carbons (Fsp3) is 0.333. The minimum absolute atomic E-state index is 0.156. The van der Waals surface area contributed by atoms with Gasteiger partial charge in [-0.25, -0.2) is 4.98 Å². The second kappa shape index (κ2) is 4.41. The summed E-state index contributed by atoms with van der Waals surface area (Å²) in [4.78, 5) is 18.9. The van der Waals surface area contributed by atoms with Crippen molar-refractivity contribution < 1.29 is 4.79 Å². The van der Waals surface area contributed by atoms with E-state index >= 15 is 0 Å². The van der Waals surface area contributed by atoms with Crippen molar-refractivity contribution in [3.05, 3.63) is 41.2 Å². The highest BCUT2D eigenvalue weighted by molar-refractivity contribution is 5.58. The molecule has 1 atom stereocenters. The number of aromatic amines is 1. The van der Waals surface area contributed by atoms with E-state index in [1.54, 1.807) is 0 Å². The van der Waals surface area contributed by atoms with E-state index in [0.717, 1.165) is 48.3 Å². The number of fused-ring (bicyclic) bond motifs is 1. The molecule has 3 heteroatoms.